The second-order valence-corrected chi connectivity index (χ2v) is 6.49. The molecule has 1 aromatic heterocycles. The molecule has 19 heavy (non-hydrogen) atoms. The molecule has 1 heterocycles. The fourth-order valence-corrected chi connectivity index (χ4v) is 3.33. The van der Waals surface area contributed by atoms with Crippen molar-refractivity contribution in [2.24, 2.45) is 17.8 Å². The molecule has 0 aromatic carbocycles. The Kier molecular flexibility index (Phi) is 2.55. The van der Waals surface area contributed by atoms with Crippen LogP contribution >= 0.6 is 12.2 Å². The highest BCUT2D eigenvalue weighted by atomic mass is 32.1. The zero-order valence-electron chi connectivity index (χ0n) is 10.8. The summed E-state index contributed by atoms with van der Waals surface area (Å²) in [5.41, 5.74) is 0. The minimum absolute atomic E-state index is 0.202. The number of rotatable bonds is 5. The number of carbonyl (C=O) groups excluding carboxylic acids is 1. The Morgan fingerprint density at radius 3 is 2.89 bits per heavy atom. The summed E-state index contributed by atoms with van der Waals surface area (Å²) in [5.74, 6) is 2.85. The molecule has 2 atom stereocenters. The van der Waals surface area contributed by atoms with Gasteiger partial charge in [0.15, 0.2) is 10.6 Å². The van der Waals surface area contributed by atoms with E-state index < -0.39 is 0 Å². The van der Waals surface area contributed by atoms with Crippen molar-refractivity contribution in [2.75, 3.05) is 0 Å². The predicted molar refractivity (Wildman–Crippen MR) is 71.9 cm³/mol. The molecule has 6 heteroatoms. The summed E-state index contributed by atoms with van der Waals surface area (Å²) in [7, 11) is 0. The van der Waals surface area contributed by atoms with Gasteiger partial charge in [-0.25, -0.2) is 0 Å². The Morgan fingerprint density at radius 2 is 2.21 bits per heavy atom. The summed E-state index contributed by atoms with van der Waals surface area (Å²) in [5, 5.41) is 10.1. The third-order valence-electron chi connectivity index (χ3n) is 4.51. The van der Waals surface area contributed by atoms with Crippen LogP contribution in [0.25, 0.3) is 0 Å². The zero-order valence-corrected chi connectivity index (χ0v) is 11.6. The van der Waals surface area contributed by atoms with E-state index in [1.54, 1.807) is 0 Å². The number of amides is 1. The Bertz CT molecular complexity index is 569. The topological polar surface area (TPSA) is 62.7 Å². The van der Waals surface area contributed by atoms with Gasteiger partial charge >= 0.3 is 0 Å². The van der Waals surface area contributed by atoms with Crippen molar-refractivity contribution in [3.63, 3.8) is 0 Å². The average Bonchev–Trinajstić information content (AvgIpc) is 3.25. The van der Waals surface area contributed by atoms with Crippen molar-refractivity contribution in [1.29, 1.82) is 0 Å². The normalized spacial score (nSPS) is 29.3. The molecule has 102 valence electrons. The molecule has 0 saturated heterocycles. The second kappa shape index (κ2) is 4.16. The lowest BCUT2D eigenvalue weighted by molar-refractivity contribution is -0.122. The first-order valence-corrected chi connectivity index (χ1v) is 7.58. The Hall–Kier alpha value is -1.17. The number of H-pyrrole nitrogens is 1. The molecule has 3 aliphatic rings. The van der Waals surface area contributed by atoms with Crippen LogP contribution in [0.5, 0.6) is 0 Å². The van der Waals surface area contributed by atoms with Crippen LogP contribution in [-0.4, -0.2) is 20.7 Å². The maximum atomic E-state index is 12.0. The molecule has 5 nitrogen and oxygen atoms in total. The van der Waals surface area contributed by atoms with Gasteiger partial charge in [-0.3, -0.25) is 14.5 Å². The Labute approximate surface area is 116 Å². The highest BCUT2D eigenvalue weighted by Crippen LogP contribution is 2.54. The van der Waals surface area contributed by atoms with Crippen LogP contribution in [0.4, 0.5) is 0 Å². The largest absolute Gasteiger partial charge is 0.349 e. The van der Waals surface area contributed by atoms with Gasteiger partial charge in [-0.2, -0.15) is 5.10 Å². The molecule has 3 fully saturated rings. The fourth-order valence-electron chi connectivity index (χ4n) is 3.03. The first kappa shape index (κ1) is 11.6. The van der Waals surface area contributed by atoms with Gasteiger partial charge in [-0.15, -0.1) is 0 Å². The van der Waals surface area contributed by atoms with Gasteiger partial charge in [0, 0.05) is 12.0 Å². The maximum Gasteiger partial charge on any atom is 0.223 e. The molecule has 0 unspecified atom stereocenters. The molecule has 0 radical (unpaired) electrons. The van der Waals surface area contributed by atoms with Gasteiger partial charge in [-0.1, -0.05) is 0 Å². The molecule has 0 spiro atoms. The second-order valence-electron chi connectivity index (χ2n) is 6.11. The summed E-state index contributed by atoms with van der Waals surface area (Å²) >= 11 is 5.23. The summed E-state index contributed by atoms with van der Waals surface area (Å²) in [4.78, 5) is 12.0. The number of aromatic nitrogens is 3. The van der Waals surface area contributed by atoms with Gasteiger partial charge < -0.3 is 5.32 Å². The van der Waals surface area contributed by atoms with E-state index in [9.17, 15) is 4.79 Å². The molecule has 0 bridgehead atoms. The molecule has 1 amide bonds. The first-order valence-electron chi connectivity index (χ1n) is 7.17. The zero-order chi connectivity index (χ0) is 13.0. The standard InChI is InChI=1S/C13H18N4OS/c18-12(10-5-9(10)7-1-2-7)14-6-11-15-16-13(19)17(11)8-3-4-8/h7-10H,1-6H2,(H,14,18)(H,16,19)/t9-,10-/m1/s1. The molecule has 4 rings (SSSR count). The van der Waals surface area contributed by atoms with Crippen LogP contribution in [0.2, 0.25) is 0 Å². The minimum Gasteiger partial charge on any atom is -0.349 e. The lowest BCUT2D eigenvalue weighted by atomic mass is 10.2. The quantitative estimate of drug-likeness (QED) is 0.809. The predicted octanol–water partition coefficient (Wildman–Crippen LogP) is 1.94. The van der Waals surface area contributed by atoms with E-state index >= 15 is 0 Å². The van der Waals surface area contributed by atoms with Crippen LogP contribution in [0, 0.1) is 22.5 Å². The lowest BCUT2D eigenvalue weighted by Gasteiger charge is -2.06. The maximum absolute atomic E-state index is 12.0. The number of aromatic amines is 1. The molecule has 0 aliphatic heterocycles. The van der Waals surface area contributed by atoms with E-state index in [1.807, 2.05) is 0 Å². The summed E-state index contributed by atoms with van der Waals surface area (Å²) in [6.07, 6.45) is 6.08. The van der Waals surface area contributed by atoms with Crippen LogP contribution in [0.1, 0.15) is 44.0 Å². The van der Waals surface area contributed by atoms with E-state index in [-0.39, 0.29) is 11.8 Å². The molecule has 3 saturated carbocycles. The Morgan fingerprint density at radius 1 is 1.42 bits per heavy atom. The Balaban J connectivity index is 1.37. The minimum atomic E-state index is 0.202. The fraction of sp³-hybridized carbons (Fsp3) is 0.769. The van der Waals surface area contributed by atoms with Crippen molar-refractivity contribution >= 4 is 18.1 Å². The summed E-state index contributed by atoms with van der Waals surface area (Å²) in [6.45, 7) is 0.496. The number of hydrogen-bond acceptors (Lipinski definition) is 3. The van der Waals surface area contributed by atoms with Crippen molar-refractivity contribution in [2.45, 2.75) is 44.7 Å². The summed E-state index contributed by atoms with van der Waals surface area (Å²) in [6, 6.07) is 0.498. The average molecular weight is 278 g/mol. The van der Waals surface area contributed by atoms with Gasteiger partial charge in [0.2, 0.25) is 5.91 Å². The molecule has 1 aromatic rings. The van der Waals surface area contributed by atoms with Crippen LogP contribution in [-0.2, 0) is 11.3 Å². The number of carbonyl (C=O) groups is 1. The highest BCUT2D eigenvalue weighted by molar-refractivity contribution is 7.71. The summed E-state index contributed by atoms with van der Waals surface area (Å²) < 4.78 is 2.73. The number of nitrogens with zero attached hydrogens (tertiary/aromatic N) is 2. The highest BCUT2D eigenvalue weighted by Gasteiger charge is 2.51. The van der Waals surface area contributed by atoms with E-state index in [0.717, 1.165) is 18.2 Å². The molecular formula is C13H18N4OS. The van der Waals surface area contributed by atoms with Crippen molar-refractivity contribution in [1.82, 2.24) is 20.1 Å². The third kappa shape index (κ3) is 2.22. The van der Waals surface area contributed by atoms with Gasteiger partial charge in [0.1, 0.15) is 0 Å². The SMILES string of the molecule is O=C(NCc1n[nH]c(=S)n1C1CC1)[C@@H]1C[C@@H]1C1CC1. The number of hydrogen-bond donors (Lipinski definition) is 2. The number of nitrogens with one attached hydrogen (secondary N) is 2. The smallest absolute Gasteiger partial charge is 0.223 e. The first-order chi connectivity index (χ1) is 9.24. The monoisotopic (exact) mass is 278 g/mol. The van der Waals surface area contributed by atoms with Gasteiger partial charge in [0.25, 0.3) is 0 Å². The van der Waals surface area contributed by atoms with Gasteiger partial charge in [0.05, 0.1) is 6.54 Å². The molecular weight excluding hydrogens is 260 g/mol. The van der Waals surface area contributed by atoms with Crippen molar-refractivity contribution in [3.8, 4) is 0 Å². The van der Waals surface area contributed by atoms with Crippen molar-refractivity contribution in [3.05, 3.63) is 10.6 Å². The van der Waals surface area contributed by atoms with Gasteiger partial charge in [-0.05, 0) is 56.2 Å². The van der Waals surface area contributed by atoms with E-state index in [2.05, 4.69) is 20.1 Å². The van der Waals surface area contributed by atoms with E-state index in [4.69, 9.17) is 12.2 Å². The molecule has 2 N–H and O–H groups in total. The van der Waals surface area contributed by atoms with Crippen molar-refractivity contribution < 1.29 is 4.79 Å². The van der Waals surface area contributed by atoms with E-state index in [0.29, 0.717) is 23.3 Å². The van der Waals surface area contributed by atoms with Crippen LogP contribution < -0.4 is 5.32 Å². The molecule has 3 aliphatic carbocycles. The van der Waals surface area contributed by atoms with Crippen LogP contribution in [0.3, 0.4) is 0 Å². The van der Waals surface area contributed by atoms with Crippen LogP contribution in [0.15, 0.2) is 0 Å². The lowest BCUT2D eigenvalue weighted by Crippen LogP contribution is -2.26. The third-order valence-corrected chi connectivity index (χ3v) is 4.80. The van der Waals surface area contributed by atoms with E-state index in [1.165, 1.54) is 25.7 Å².